The lowest BCUT2D eigenvalue weighted by Crippen LogP contribution is -2.00. The minimum Gasteiger partial charge on any atom is -0.490 e. The van der Waals surface area contributed by atoms with Crippen LogP contribution < -0.4 is 9.47 Å². The van der Waals surface area contributed by atoms with Crippen LogP contribution in [0.4, 0.5) is 0 Å². The van der Waals surface area contributed by atoms with E-state index in [9.17, 15) is 4.79 Å². The van der Waals surface area contributed by atoms with Crippen LogP contribution in [0.2, 0.25) is 0 Å². The van der Waals surface area contributed by atoms with Crippen LogP contribution >= 0.6 is 0 Å². The number of rotatable bonds is 7. The molecule has 0 aliphatic carbocycles. The molecule has 21 heavy (non-hydrogen) atoms. The molecule has 1 aromatic heterocycles. The second kappa shape index (κ2) is 7.43. The molecule has 4 nitrogen and oxygen atoms in total. The number of ketones is 1. The standard InChI is InChI=1S/C17H19NO3/c1-3-11-20-16-7-5-6-8-17(16)21-13-9-10-14(18-12-13)15(19)4-2/h5-10,12H,3-4,11H2,1-2H3. The summed E-state index contributed by atoms with van der Waals surface area (Å²) in [4.78, 5) is 15.7. The summed E-state index contributed by atoms with van der Waals surface area (Å²) in [6.45, 7) is 4.51. The van der Waals surface area contributed by atoms with Gasteiger partial charge >= 0.3 is 0 Å². The van der Waals surface area contributed by atoms with Gasteiger partial charge in [-0.25, -0.2) is 4.98 Å². The number of benzene rings is 1. The molecule has 2 rings (SSSR count). The van der Waals surface area contributed by atoms with Crippen LogP contribution in [0.15, 0.2) is 42.6 Å². The normalized spacial score (nSPS) is 10.2. The highest BCUT2D eigenvalue weighted by atomic mass is 16.5. The van der Waals surface area contributed by atoms with E-state index in [0.29, 0.717) is 36.0 Å². The summed E-state index contributed by atoms with van der Waals surface area (Å²) >= 11 is 0. The Morgan fingerprint density at radius 2 is 1.86 bits per heavy atom. The van der Waals surface area contributed by atoms with Crippen LogP contribution in [0.3, 0.4) is 0 Å². The van der Waals surface area contributed by atoms with Crippen molar-refractivity contribution in [2.75, 3.05) is 6.61 Å². The summed E-state index contributed by atoms with van der Waals surface area (Å²) in [5, 5.41) is 0. The van der Waals surface area contributed by atoms with Crippen molar-refractivity contribution in [3.8, 4) is 17.2 Å². The third kappa shape index (κ3) is 4.05. The minimum absolute atomic E-state index is 0.0215. The van der Waals surface area contributed by atoms with Crippen molar-refractivity contribution in [3.63, 3.8) is 0 Å². The number of carbonyl (C=O) groups excluding carboxylic acids is 1. The number of ether oxygens (including phenoxy) is 2. The molecule has 0 aliphatic heterocycles. The van der Waals surface area contributed by atoms with E-state index in [1.54, 1.807) is 18.3 Å². The van der Waals surface area contributed by atoms with E-state index < -0.39 is 0 Å². The highest BCUT2D eigenvalue weighted by Crippen LogP contribution is 2.31. The first kappa shape index (κ1) is 15.0. The molecular formula is C17H19NO3. The summed E-state index contributed by atoms with van der Waals surface area (Å²) in [7, 11) is 0. The molecule has 0 spiro atoms. The van der Waals surface area contributed by atoms with E-state index in [2.05, 4.69) is 11.9 Å². The number of hydrogen-bond acceptors (Lipinski definition) is 4. The quantitative estimate of drug-likeness (QED) is 0.713. The number of para-hydroxylation sites is 2. The van der Waals surface area contributed by atoms with E-state index in [4.69, 9.17) is 9.47 Å². The van der Waals surface area contributed by atoms with Gasteiger partial charge in [-0.3, -0.25) is 4.79 Å². The van der Waals surface area contributed by atoms with E-state index in [1.165, 1.54) is 0 Å². The lowest BCUT2D eigenvalue weighted by Gasteiger charge is -2.11. The summed E-state index contributed by atoms with van der Waals surface area (Å²) in [6, 6.07) is 10.9. The van der Waals surface area contributed by atoms with Crippen molar-refractivity contribution in [1.29, 1.82) is 0 Å². The van der Waals surface area contributed by atoms with E-state index in [0.717, 1.165) is 6.42 Å². The van der Waals surface area contributed by atoms with Gasteiger partial charge in [0.1, 0.15) is 11.4 Å². The molecule has 0 amide bonds. The van der Waals surface area contributed by atoms with Gasteiger partial charge in [0, 0.05) is 6.42 Å². The van der Waals surface area contributed by atoms with Crippen LogP contribution in [-0.4, -0.2) is 17.4 Å². The van der Waals surface area contributed by atoms with Crippen LogP contribution in [-0.2, 0) is 0 Å². The fourth-order valence-corrected chi connectivity index (χ4v) is 1.78. The van der Waals surface area contributed by atoms with Gasteiger partial charge in [-0.1, -0.05) is 26.0 Å². The first-order valence-electron chi connectivity index (χ1n) is 7.13. The third-order valence-electron chi connectivity index (χ3n) is 2.88. The van der Waals surface area contributed by atoms with Crippen molar-refractivity contribution in [2.45, 2.75) is 26.7 Å². The second-order valence-electron chi connectivity index (χ2n) is 4.55. The molecule has 1 heterocycles. The van der Waals surface area contributed by atoms with Gasteiger partial charge in [0.15, 0.2) is 17.3 Å². The van der Waals surface area contributed by atoms with Crippen LogP contribution in [0.25, 0.3) is 0 Å². The van der Waals surface area contributed by atoms with Crippen LogP contribution in [0.5, 0.6) is 17.2 Å². The highest BCUT2D eigenvalue weighted by Gasteiger charge is 2.08. The Hall–Kier alpha value is -2.36. The zero-order valence-electron chi connectivity index (χ0n) is 12.3. The number of aromatic nitrogens is 1. The van der Waals surface area contributed by atoms with Gasteiger partial charge in [0.25, 0.3) is 0 Å². The van der Waals surface area contributed by atoms with Crippen molar-refractivity contribution in [2.24, 2.45) is 0 Å². The Morgan fingerprint density at radius 3 is 2.48 bits per heavy atom. The summed E-state index contributed by atoms with van der Waals surface area (Å²) in [5.74, 6) is 1.94. The minimum atomic E-state index is 0.0215. The van der Waals surface area contributed by atoms with Gasteiger partial charge in [-0.2, -0.15) is 0 Å². The Labute approximate surface area is 124 Å². The predicted molar refractivity (Wildman–Crippen MR) is 81.2 cm³/mol. The van der Waals surface area contributed by atoms with Gasteiger partial charge in [-0.15, -0.1) is 0 Å². The number of pyridine rings is 1. The SMILES string of the molecule is CCCOc1ccccc1Oc1ccc(C(=O)CC)nc1. The average Bonchev–Trinajstić information content (AvgIpc) is 2.54. The van der Waals surface area contributed by atoms with Crippen LogP contribution in [0, 0.1) is 0 Å². The van der Waals surface area contributed by atoms with Gasteiger partial charge in [0.05, 0.1) is 12.8 Å². The third-order valence-corrected chi connectivity index (χ3v) is 2.88. The predicted octanol–water partition coefficient (Wildman–Crippen LogP) is 4.26. The Balaban J connectivity index is 2.12. The first-order valence-corrected chi connectivity index (χ1v) is 7.13. The van der Waals surface area contributed by atoms with Crippen molar-refractivity contribution in [1.82, 2.24) is 4.98 Å². The van der Waals surface area contributed by atoms with E-state index >= 15 is 0 Å². The molecule has 0 unspecified atom stereocenters. The smallest absolute Gasteiger partial charge is 0.180 e. The van der Waals surface area contributed by atoms with Crippen molar-refractivity contribution < 1.29 is 14.3 Å². The second-order valence-corrected chi connectivity index (χ2v) is 4.55. The summed E-state index contributed by atoms with van der Waals surface area (Å²) in [5.41, 5.74) is 0.459. The van der Waals surface area contributed by atoms with Gasteiger partial charge in [-0.05, 0) is 30.7 Å². The molecule has 110 valence electrons. The number of nitrogens with zero attached hydrogens (tertiary/aromatic N) is 1. The molecule has 0 fully saturated rings. The largest absolute Gasteiger partial charge is 0.490 e. The molecule has 2 aromatic rings. The lowest BCUT2D eigenvalue weighted by atomic mass is 10.2. The van der Waals surface area contributed by atoms with Crippen LogP contribution in [0.1, 0.15) is 37.2 Å². The Kier molecular flexibility index (Phi) is 5.32. The maximum Gasteiger partial charge on any atom is 0.180 e. The molecule has 0 atom stereocenters. The Morgan fingerprint density at radius 1 is 1.10 bits per heavy atom. The van der Waals surface area contributed by atoms with Crippen molar-refractivity contribution >= 4 is 5.78 Å². The lowest BCUT2D eigenvalue weighted by molar-refractivity contribution is 0.0983. The zero-order valence-corrected chi connectivity index (χ0v) is 12.3. The molecule has 0 bridgehead atoms. The molecule has 0 N–H and O–H groups in total. The number of Topliss-reactive ketones (excluding diaryl/α,β-unsaturated/α-hetero) is 1. The summed E-state index contributed by atoms with van der Waals surface area (Å²) < 4.78 is 11.4. The zero-order chi connectivity index (χ0) is 15.1. The molecule has 0 saturated heterocycles. The van der Waals surface area contributed by atoms with E-state index in [-0.39, 0.29) is 5.78 Å². The first-order chi connectivity index (χ1) is 10.2. The maximum absolute atomic E-state index is 11.5. The molecule has 1 aromatic carbocycles. The fraction of sp³-hybridized carbons (Fsp3) is 0.294. The average molecular weight is 285 g/mol. The fourth-order valence-electron chi connectivity index (χ4n) is 1.78. The highest BCUT2D eigenvalue weighted by molar-refractivity contribution is 5.93. The number of carbonyl (C=O) groups is 1. The van der Waals surface area contributed by atoms with Gasteiger partial charge in [0.2, 0.25) is 0 Å². The van der Waals surface area contributed by atoms with Gasteiger partial charge < -0.3 is 9.47 Å². The summed E-state index contributed by atoms with van der Waals surface area (Å²) in [6.07, 6.45) is 2.93. The Bertz CT molecular complexity index is 593. The van der Waals surface area contributed by atoms with E-state index in [1.807, 2.05) is 31.2 Å². The molecular weight excluding hydrogens is 266 g/mol. The molecule has 0 radical (unpaired) electrons. The number of hydrogen-bond donors (Lipinski definition) is 0. The molecule has 0 aliphatic rings. The molecule has 0 saturated carbocycles. The topological polar surface area (TPSA) is 48.4 Å². The maximum atomic E-state index is 11.5. The monoisotopic (exact) mass is 285 g/mol. The molecule has 4 heteroatoms. The van der Waals surface area contributed by atoms with Crippen molar-refractivity contribution in [3.05, 3.63) is 48.3 Å².